The molecule has 106 valence electrons. The molecule has 0 bridgehead atoms. The van der Waals surface area contributed by atoms with Crippen LogP contribution >= 0.6 is 27.5 Å². The topological polar surface area (TPSA) is 83.6 Å². The quantitative estimate of drug-likeness (QED) is 0.679. The number of nitrogens with one attached hydrogen (secondary N) is 2. The standard InChI is InChI=1S/C12H6BrClFN5O/c13-6-1-5(2-7(15)3-6)11(21)20-12-18-9(14)8-10(19-12)17-4-16-8/h1-4H,(H2,16,17,18,19,20,21). The summed E-state index contributed by atoms with van der Waals surface area (Å²) >= 11 is 9.06. The Balaban J connectivity index is 1.92. The van der Waals surface area contributed by atoms with Crippen molar-refractivity contribution in [3.05, 3.63) is 45.5 Å². The molecule has 6 nitrogen and oxygen atoms in total. The number of hydrogen-bond donors (Lipinski definition) is 2. The average molecular weight is 371 g/mol. The largest absolute Gasteiger partial charge is 0.341 e. The maximum atomic E-state index is 13.3. The summed E-state index contributed by atoms with van der Waals surface area (Å²) in [5, 5.41) is 2.58. The van der Waals surface area contributed by atoms with Crippen molar-refractivity contribution >= 4 is 50.6 Å². The monoisotopic (exact) mass is 369 g/mol. The molecule has 0 fully saturated rings. The number of imidazole rings is 1. The minimum absolute atomic E-state index is 0.00927. The van der Waals surface area contributed by atoms with Crippen LogP contribution in [-0.4, -0.2) is 25.8 Å². The first kappa shape index (κ1) is 13.9. The van der Waals surface area contributed by atoms with E-state index >= 15 is 0 Å². The Morgan fingerprint density at radius 2 is 2.14 bits per heavy atom. The van der Waals surface area contributed by atoms with Crippen molar-refractivity contribution in [2.24, 2.45) is 0 Å². The lowest BCUT2D eigenvalue weighted by atomic mass is 10.2. The van der Waals surface area contributed by atoms with Crippen LogP contribution in [0.25, 0.3) is 11.2 Å². The van der Waals surface area contributed by atoms with E-state index < -0.39 is 11.7 Å². The summed E-state index contributed by atoms with van der Waals surface area (Å²) < 4.78 is 13.7. The van der Waals surface area contributed by atoms with Crippen LogP contribution in [0, 0.1) is 5.82 Å². The zero-order chi connectivity index (χ0) is 15.0. The van der Waals surface area contributed by atoms with Crippen LogP contribution in [-0.2, 0) is 0 Å². The Morgan fingerprint density at radius 3 is 2.90 bits per heavy atom. The second kappa shape index (κ2) is 5.38. The molecule has 3 rings (SSSR count). The van der Waals surface area contributed by atoms with E-state index in [1.165, 1.54) is 18.5 Å². The van der Waals surface area contributed by atoms with Crippen LogP contribution in [0.2, 0.25) is 5.15 Å². The molecule has 0 atom stereocenters. The predicted molar refractivity (Wildman–Crippen MR) is 78.7 cm³/mol. The van der Waals surface area contributed by atoms with E-state index in [9.17, 15) is 9.18 Å². The fourth-order valence-electron chi connectivity index (χ4n) is 1.71. The third-order valence-electron chi connectivity index (χ3n) is 2.59. The highest BCUT2D eigenvalue weighted by atomic mass is 79.9. The van der Waals surface area contributed by atoms with Gasteiger partial charge in [-0.25, -0.2) is 9.37 Å². The Kier molecular flexibility index (Phi) is 3.56. The summed E-state index contributed by atoms with van der Waals surface area (Å²) in [6, 6.07) is 3.84. The normalized spacial score (nSPS) is 10.8. The molecule has 0 spiro atoms. The van der Waals surface area contributed by atoms with E-state index in [-0.39, 0.29) is 16.7 Å². The van der Waals surface area contributed by atoms with Gasteiger partial charge in [0, 0.05) is 10.0 Å². The SMILES string of the molecule is O=C(Nc1nc(Cl)c2[nH]cnc2n1)c1cc(F)cc(Br)c1. The van der Waals surface area contributed by atoms with Gasteiger partial charge in [0.25, 0.3) is 5.91 Å². The van der Waals surface area contributed by atoms with E-state index in [2.05, 4.69) is 41.2 Å². The summed E-state index contributed by atoms with van der Waals surface area (Å²) in [4.78, 5) is 26.7. The number of carbonyl (C=O) groups excluding carboxylic acids is 1. The fourth-order valence-corrected chi connectivity index (χ4v) is 2.40. The third-order valence-corrected chi connectivity index (χ3v) is 3.32. The van der Waals surface area contributed by atoms with Crippen LogP contribution in [0.1, 0.15) is 10.4 Å². The highest BCUT2D eigenvalue weighted by Gasteiger charge is 2.13. The average Bonchev–Trinajstić information content (AvgIpc) is 2.86. The highest BCUT2D eigenvalue weighted by molar-refractivity contribution is 9.10. The van der Waals surface area contributed by atoms with Gasteiger partial charge in [-0.15, -0.1) is 0 Å². The van der Waals surface area contributed by atoms with Crippen LogP contribution in [0.15, 0.2) is 29.0 Å². The van der Waals surface area contributed by atoms with Crippen molar-refractivity contribution in [3.8, 4) is 0 Å². The van der Waals surface area contributed by atoms with Crippen LogP contribution in [0.4, 0.5) is 10.3 Å². The van der Waals surface area contributed by atoms with Crippen molar-refractivity contribution in [1.29, 1.82) is 0 Å². The zero-order valence-corrected chi connectivity index (χ0v) is 12.5. The van der Waals surface area contributed by atoms with Crippen molar-refractivity contribution in [3.63, 3.8) is 0 Å². The number of rotatable bonds is 2. The molecular weight excluding hydrogens is 365 g/mol. The lowest BCUT2D eigenvalue weighted by molar-refractivity contribution is 0.102. The second-order valence-corrected chi connectivity index (χ2v) is 5.33. The van der Waals surface area contributed by atoms with Crippen molar-refractivity contribution in [1.82, 2.24) is 19.9 Å². The molecule has 2 N–H and O–H groups in total. The molecular formula is C12H6BrClFN5O. The van der Waals surface area contributed by atoms with E-state index in [0.29, 0.717) is 15.6 Å². The van der Waals surface area contributed by atoms with Crippen molar-refractivity contribution in [2.75, 3.05) is 5.32 Å². The molecule has 0 unspecified atom stereocenters. The van der Waals surface area contributed by atoms with Gasteiger partial charge in [0.05, 0.1) is 6.33 Å². The molecule has 2 heterocycles. The van der Waals surface area contributed by atoms with Crippen molar-refractivity contribution in [2.45, 2.75) is 0 Å². The maximum absolute atomic E-state index is 13.3. The van der Waals surface area contributed by atoms with Gasteiger partial charge < -0.3 is 4.98 Å². The summed E-state index contributed by atoms with van der Waals surface area (Å²) in [5.41, 5.74) is 0.928. The van der Waals surface area contributed by atoms with Crippen LogP contribution in [0.3, 0.4) is 0 Å². The molecule has 1 amide bonds. The number of fused-ring (bicyclic) bond motifs is 1. The number of benzene rings is 1. The molecule has 0 saturated heterocycles. The number of H-pyrrole nitrogens is 1. The van der Waals surface area contributed by atoms with E-state index in [0.717, 1.165) is 6.07 Å². The van der Waals surface area contributed by atoms with Crippen LogP contribution < -0.4 is 5.32 Å². The van der Waals surface area contributed by atoms with Gasteiger partial charge in [0.15, 0.2) is 10.8 Å². The summed E-state index contributed by atoms with van der Waals surface area (Å²) in [6.45, 7) is 0. The van der Waals surface area contributed by atoms with E-state index in [1.54, 1.807) is 0 Å². The number of carbonyl (C=O) groups is 1. The Bertz CT molecular complexity index is 833. The van der Waals surface area contributed by atoms with Gasteiger partial charge in [-0.3, -0.25) is 10.1 Å². The lowest BCUT2D eigenvalue weighted by Crippen LogP contribution is -2.14. The number of aromatic nitrogens is 4. The highest BCUT2D eigenvalue weighted by Crippen LogP contribution is 2.19. The zero-order valence-electron chi connectivity index (χ0n) is 10.2. The van der Waals surface area contributed by atoms with Gasteiger partial charge in [-0.2, -0.15) is 9.97 Å². The van der Waals surface area contributed by atoms with Crippen LogP contribution in [0.5, 0.6) is 0 Å². The number of hydrogen-bond acceptors (Lipinski definition) is 4. The predicted octanol–water partition coefficient (Wildman–Crippen LogP) is 3.16. The summed E-state index contributed by atoms with van der Waals surface area (Å²) in [7, 11) is 0. The minimum Gasteiger partial charge on any atom is -0.341 e. The number of nitrogens with zero attached hydrogens (tertiary/aromatic N) is 3. The third kappa shape index (κ3) is 2.86. The molecule has 0 aliphatic carbocycles. The van der Waals surface area contributed by atoms with Gasteiger partial charge in [-0.05, 0) is 18.2 Å². The first-order valence-corrected chi connectivity index (χ1v) is 6.84. The first-order chi connectivity index (χ1) is 10.0. The summed E-state index contributed by atoms with van der Waals surface area (Å²) in [5.74, 6) is -1.10. The molecule has 0 aliphatic heterocycles. The van der Waals surface area contributed by atoms with Gasteiger partial charge in [0.1, 0.15) is 11.3 Å². The van der Waals surface area contributed by atoms with E-state index in [4.69, 9.17) is 11.6 Å². The van der Waals surface area contributed by atoms with Gasteiger partial charge >= 0.3 is 0 Å². The molecule has 0 aliphatic rings. The molecule has 3 aromatic rings. The second-order valence-electron chi connectivity index (χ2n) is 4.05. The molecule has 0 radical (unpaired) electrons. The first-order valence-electron chi connectivity index (χ1n) is 5.67. The molecule has 0 saturated carbocycles. The smallest absolute Gasteiger partial charge is 0.258 e. The minimum atomic E-state index is -0.554. The molecule has 1 aromatic carbocycles. The van der Waals surface area contributed by atoms with Crippen molar-refractivity contribution < 1.29 is 9.18 Å². The molecule has 9 heteroatoms. The fraction of sp³-hybridized carbons (Fsp3) is 0. The van der Waals surface area contributed by atoms with Gasteiger partial charge in [0.2, 0.25) is 5.95 Å². The van der Waals surface area contributed by atoms with Gasteiger partial charge in [-0.1, -0.05) is 27.5 Å². The Morgan fingerprint density at radius 1 is 1.33 bits per heavy atom. The Hall–Kier alpha value is -2.06. The number of anilines is 1. The van der Waals surface area contributed by atoms with E-state index in [1.807, 2.05) is 0 Å². The molecule has 2 aromatic heterocycles. The Labute approximate surface area is 130 Å². The number of halogens is 3. The number of aromatic amines is 1. The maximum Gasteiger partial charge on any atom is 0.258 e. The molecule has 21 heavy (non-hydrogen) atoms. The number of amides is 1. The lowest BCUT2D eigenvalue weighted by Gasteiger charge is -2.05. The summed E-state index contributed by atoms with van der Waals surface area (Å²) in [6.07, 6.45) is 1.42.